The minimum Gasteiger partial charge on any atom is -0.493 e. The van der Waals surface area contributed by atoms with Crippen molar-refractivity contribution in [3.63, 3.8) is 0 Å². The molecule has 0 aromatic heterocycles. The van der Waals surface area contributed by atoms with Crippen molar-refractivity contribution in [1.29, 1.82) is 0 Å². The molecule has 1 N–H and O–H groups in total. The van der Waals surface area contributed by atoms with Crippen LogP contribution in [0.3, 0.4) is 0 Å². The number of carbonyl (C=O) groups is 2. The van der Waals surface area contributed by atoms with Gasteiger partial charge in [0.2, 0.25) is 5.91 Å². The van der Waals surface area contributed by atoms with Crippen molar-refractivity contribution < 1.29 is 24.2 Å². The van der Waals surface area contributed by atoms with Crippen molar-refractivity contribution in [2.24, 2.45) is 0 Å². The van der Waals surface area contributed by atoms with E-state index in [4.69, 9.17) is 14.6 Å². The molecule has 1 aliphatic rings. The van der Waals surface area contributed by atoms with E-state index in [1.807, 2.05) is 30.0 Å². The summed E-state index contributed by atoms with van der Waals surface area (Å²) < 4.78 is 10.6. The number of nitrogens with zero attached hydrogens (tertiary/aromatic N) is 2. The van der Waals surface area contributed by atoms with E-state index in [2.05, 4.69) is 0 Å². The van der Waals surface area contributed by atoms with Gasteiger partial charge in [-0.3, -0.25) is 14.5 Å². The Balaban J connectivity index is 0.00000364. The van der Waals surface area contributed by atoms with Crippen LogP contribution in [0.2, 0.25) is 0 Å². The molecule has 0 aliphatic carbocycles. The summed E-state index contributed by atoms with van der Waals surface area (Å²) in [7, 11) is 3.18. The molecule has 1 atom stereocenters. The van der Waals surface area contributed by atoms with Crippen LogP contribution < -0.4 is 9.47 Å². The number of carbonyl (C=O) groups excluding carboxylic acids is 1. The first kappa shape index (κ1) is 23.0. The van der Waals surface area contributed by atoms with E-state index in [1.165, 1.54) is 0 Å². The average Bonchev–Trinajstić information content (AvgIpc) is 3.10. The third-order valence-electron chi connectivity index (χ3n) is 4.62. The molecule has 0 radical (unpaired) electrons. The molecule has 1 unspecified atom stereocenters. The van der Waals surface area contributed by atoms with E-state index in [0.717, 1.165) is 24.8 Å². The molecule has 8 heteroatoms. The highest BCUT2D eigenvalue weighted by molar-refractivity contribution is 5.85. The lowest BCUT2D eigenvalue weighted by atomic mass is 10.0. The SMILES string of the molecule is CCCN(CC(=O)O)CC(=O)N1CCCC1c1ccc(OC)c(OC)c1.Cl. The normalized spacial score (nSPS) is 16.1. The van der Waals surface area contributed by atoms with Gasteiger partial charge in [0.25, 0.3) is 0 Å². The van der Waals surface area contributed by atoms with E-state index >= 15 is 0 Å². The molecule has 1 fully saturated rings. The van der Waals surface area contributed by atoms with Crippen molar-refractivity contribution >= 4 is 24.3 Å². The monoisotopic (exact) mass is 400 g/mol. The number of carboxylic acids is 1. The Morgan fingerprint density at radius 3 is 2.52 bits per heavy atom. The van der Waals surface area contributed by atoms with Crippen LogP contribution in [0.4, 0.5) is 0 Å². The molecule has 1 aromatic carbocycles. The minimum atomic E-state index is -0.913. The van der Waals surface area contributed by atoms with Crippen LogP contribution in [0.25, 0.3) is 0 Å². The second kappa shape index (κ2) is 11.0. The Kier molecular flexibility index (Phi) is 9.38. The van der Waals surface area contributed by atoms with Crippen LogP contribution in [-0.2, 0) is 9.59 Å². The number of aliphatic carboxylic acids is 1. The van der Waals surface area contributed by atoms with Crippen molar-refractivity contribution in [3.8, 4) is 11.5 Å². The zero-order valence-corrected chi connectivity index (χ0v) is 17.0. The first-order chi connectivity index (χ1) is 12.5. The topological polar surface area (TPSA) is 79.3 Å². The summed E-state index contributed by atoms with van der Waals surface area (Å²) >= 11 is 0. The van der Waals surface area contributed by atoms with Gasteiger partial charge in [-0.1, -0.05) is 13.0 Å². The largest absolute Gasteiger partial charge is 0.493 e. The highest BCUT2D eigenvalue weighted by Crippen LogP contribution is 2.36. The first-order valence-electron chi connectivity index (χ1n) is 8.95. The lowest BCUT2D eigenvalue weighted by Gasteiger charge is -2.28. The van der Waals surface area contributed by atoms with Gasteiger partial charge in [-0.2, -0.15) is 0 Å². The summed E-state index contributed by atoms with van der Waals surface area (Å²) in [5.41, 5.74) is 1.01. The van der Waals surface area contributed by atoms with Crippen molar-refractivity contribution in [2.75, 3.05) is 40.4 Å². The molecule has 1 aliphatic heterocycles. The Bertz CT molecular complexity index is 641. The van der Waals surface area contributed by atoms with Crippen LogP contribution in [0, 0.1) is 0 Å². The number of ether oxygens (including phenoxy) is 2. The highest BCUT2D eigenvalue weighted by Gasteiger charge is 2.31. The smallest absolute Gasteiger partial charge is 0.317 e. The number of rotatable bonds is 9. The zero-order chi connectivity index (χ0) is 19.1. The van der Waals surface area contributed by atoms with Crippen LogP contribution in [-0.4, -0.2) is 67.2 Å². The number of hydrogen-bond acceptors (Lipinski definition) is 5. The van der Waals surface area contributed by atoms with Crippen molar-refractivity contribution in [2.45, 2.75) is 32.2 Å². The molecule has 1 amide bonds. The van der Waals surface area contributed by atoms with Gasteiger partial charge in [0.1, 0.15) is 0 Å². The number of amides is 1. The van der Waals surface area contributed by atoms with Crippen LogP contribution >= 0.6 is 12.4 Å². The molecule has 1 aromatic rings. The van der Waals surface area contributed by atoms with Gasteiger partial charge in [0.05, 0.1) is 33.4 Å². The molecule has 27 heavy (non-hydrogen) atoms. The van der Waals surface area contributed by atoms with Crippen LogP contribution in [0.5, 0.6) is 11.5 Å². The third kappa shape index (κ3) is 6.01. The van der Waals surface area contributed by atoms with Gasteiger partial charge >= 0.3 is 5.97 Å². The Hall–Kier alpha value is -1.99. The van der Waals surface area contributed by atoms with E-state index in [-0.39, 0.29) is 37.4 Å². The Labute approximate surface area is 166 Å². The second-order valence-corrected chi connectivity index (χ2v) is 6.46. The van der Waals surface area contributed by atoms with Gasteiger partial charge in [-0.15, -0.1) is 12.4 Å². The fraction of sp³-hybridized carbons (Fsp3) is 0.579. The van der Waals surface area contributed by atoms with Crippen molar-refractivity contribution in [3.05, 3.63) is 23.8 Å². The van der Waals surface area contributed by atoms with E-state index in [9.17, 15) is 9.59 Å². The lowest BCUT2D eigenvalue weighted by Crippen LogP contribution is -2.42. The summed E-state index contributed by atoms with van der Waals surface area (Å²) in [4.78, 5) is 27.4. The Morgan fingerprint density at radius 2 is 1.93 bits per heavy atom. The minimum absolute atomic E-state index is 0. The van der Waals surface area contributed by atoms with E-state index < -0.39 is 5.97 Å². The summed E-state index contributed by atoms with van der Waals surface area (Å²) in [6.07, 6.45) is 2.62. The molecule has 1 saturated heterocycles. The molecule has 0 spiro atoms. The Morgan fingerprint density at radius 1 is 1.22 bits per heavy atom. The van der Waals surface area contributed by atoms with E-state index in [0.29, 0.717) is 24.6 Å². The van der Waals surface area contributed by atoms with E-state index in [1.54, 1.807) is 19.1 Å². The van der Waals surface area contributed by atoms with Gasteiger partial charge in [0, 0.05) is 6.54 Å². The van der Waals surface area contributed by atoms with Gasteiger partial charge < -0.3 is 19.5 Å². The van der Waals surface area contributed by atoms with Crippen LogP contribution in [0.1, 0.15) is 37.8 Å². The number of benzene rings is 1. The predicted molar refractivity (Wildman–Crippen MR) is 105 cm³/mol. The molecule has 1 heterocycles. The molecule has 7 nitrogen and oxygen atoms in total. The maximum atomic E-state index is 12.8. The molecule has 0 bridgehead atoms. The summed E-state index contributed by atoms with van der Waals surface area (Å²) in [6.45, 7) is 3.26. The molecular weight excluding hydrogens is 372 g/mol. The number of carboxylic acid groups (broad SMARTS) is 1. The summed E-state index contributed by atoms with van der Waals surface area (Å²) in [6, 6.07) is 5.70. The van der Waals surface area contributed by atoms with Crippen molar-refractivity contribution in [1.82, 2.24) is 9.80 Å². The average molecular weight is 401 g/mol. The summed E-state index contributed by atoms with van der Waals surface area (Å²) in [5.74, 6) is 0.353. The predicted octanol–water partition coefficient (Wildman–Crippen LogP) is 2.59. The highest BCUT2D eigenvalue weighted by atomic mass is 35.5. The summed E-state index contributed by atoms with van der Waals surface area (Å²) in [5, 5.41) is 9.03. The number of hydrogen-bond donors (Lipinski definition) is 1. The number of methoxy groups -OCH3 is 2. The standard InChI is InChI=1S/C19H28N2O5.ClH/c1-4-9-20(13-19(23)24)12-18(22)21-10-5-6-15(21)14-7-8-16(25-2)17(11-14)26-3;/h7-8,11,15H,4-6,9-10,12-13H2,1-3H3,(H,23,24);1H. The first-order valence-corrected chi connectivity index (χ1v) is 8.95. The maximum absolute atomic E-state index is 12.8. The zero-order valence-electron chi connectivity index (χ0n) is 16.1. The molecule has 2 rings (SSSR count). The number of halogens is 1. The quantitative estimate of drug-likeness (QED) is 0.686. The lowest BCUT2D eigenvalue weighted by molar-refractivity contribution is -0.140. The fourth-order valence-corrected chi connectivity index (χ4v) is 3.48. The van der Waals surface area contributed by atoms with Crippen LogP contribution in [0.15, 0.2) is 18.2 Å². The molecule has 152 valence electrons. The third-order valence-corrected chi connectivity index (χ3v) is 4.62. The number of likely N-dealkylation sites (tertiary alicyclic amines) is 1. The fourth-order valence-electron chi connectivity index (χ4n) is 3.48. The van der Waals surface area contributed by atoms with Gasteiger partial charge in [0.15, 0.2) is 11.5 Å². The van der Waals surface area contributed by atoms with Gasteiger partial charge in [-0.05, 0) is 43.5 Å². The second-order valence-electron chi connectivity index (χ2n) is 6.46. The van der Waals surface area contributed by atoms with Gasteiger partial charge in [-0.25, -0.2) is 0 Å². The molecular formula is C19H29ClN2O5. The maximum Gasteiger partial charge on any atom is 0.317 e. The molecule has 0 saturated carbocycles.